The molecule has 1 saturated heterocycles. The van der Waals surface area contributed by atoms with Crippen LogP contribution in [0.4, 0.5) is 0 Å². The van der Waals surface area contributed by atoms with Crippen molar-refractivity contribution in [3.8, 4) is 0 Å². The van der Waals surface area contributed by atoms with Crippen LogP contribution in [0.2, 0.25) is 0 Å². The molecule has 1 aliphatic heterocycles. The van der Waals surface area contributed by atoms with Crippen molar-refractivity contribution >= 4 is 0 Å². The van der Waals surface area contributed by atoms with E-state index in [1.54, 1.807) is 0 Å². The maximum atomic E-state index is 5.89. The Morgan fingerprint density at radius 3 is 3.00 bits per heavy atom. The number of aromatic nitrogens is 2. The van der Waals surface area contributed by atoms with Gasteiger partial charge in [-0.05, 0) is 20.3 Å². The van der Waals surface area contributed by atoms with Gasteiger partial charge in [-0.3, -0.25) is 4.90 Å². The highest BCUT2D eigenvalue weighted by molar-refractivity contribution is 5.00. The highest BCUT2D eigenvalue weighted by Crippen LogP contribution is 2.14. The zero-order valence-corrected chi connectivity index (χ0v) is 9.56. The van der Waals surface area contributed by atoms with Gasteiger partial charge in [-0.1, -0.05) is 0 Å². The molecule has 0 unspecified atom stereocenters. The Balaban J connectivity index is 2.01. The van der Waals surface area contributed by atoms with E-state index < -0.39 is 0 Å². The van der Waals surface area contributed by atoms with Gasteiger partial charge in [0.2, 0.25) is 0 Å². The Hall–Kier alpha value is -0.870. The van der Waals surface area contributed by atoms with Crippen LogP contribution >= 0.6 is 0 Å². The van der Waals surface area contributed by atoms with Crippen LogP contribution in [0.15, 0.2) is 12.5 Å². The van der Waals surface area contributed by atoms with E-state index in [-0.39, 0.29) is 0 Å². The first-order valence-corrected chi connectivity index (χ1v) is 5.65. The fourth-order valence-electron chi connectivity index (χ4n) is 2.15. The number of likely N-dealkylation sites (tertiary alicyclic amines) is 1. The first-order valence-electron chi connectivity index (χ1n) is 5.65. The van der Waals surface area contributed by atoms with Crippen LogP contribution in [0.25, 0.3) is 0 Å². The smallest absolute Gasteiger partial charge is 0.0951 e. The monoisotopic (exact) mass is 208 g/mol. The predicted octanol–water partition coefficient (Wildman–Crippen LogP) is 0.997. The summed E-state index contributed by atoms with van der Waals surface area (Å²) in [6.07, 6.45) is 5.00. The summed E-state index contributed by atoms with van der Waals surface area (Å²) in [4.78, 5) is 6.61. The van der Waals surface area contributed by atoms with E-state index >= 15 is 0 Å². The number of hydrogen-bond acceptors (Lipinski definition) is 3. The van der Waals surface area contributed by atoms with Crippen LogP contribution in [0.1, 0.15) is 32.0 Å². The van der Waals surface area contributed by atoms with Crippen molar-refractivity contribution in [2.75, 3.05) is 13.1 Å². The van der Waals surface area contributed by atoms with Crippen LogP contribution in [-0.2, 0) is 6.54 Å². The highest BCUT2D eigenvalue weighted by Gasteiger charge is 2.20. The van der Waals surface area contributed by atoms with Crippen molar-refractivity contribution in [2.45, 2.75) is 38.9 Å². The molecule has 1 aromatic rings. The topological polar surface area (TPSA) is 47.1 Å². The molecule has 0 bridgehead atoms. The summed E-state index contributed by atoms with van der Waals surface area (Å²) in [5, 5.41) is 0. The predicted molar refractivity (Wildman–Crippen MR) is 60.5 cm³/mol. The maximum absolute atomic E-state index is 5.89. The van der Waals surface area contributed by atoms with Crippen LogP contribution in [0.5, 0.6) is 0 Å². The molecule has 0 amide bonds. The zero-order chi connectivity index (χ0) is 10.8. The normalized spacial score (nSPS) is 22.8. The van der Waals surface area contributed by atoms with Gasteiger partial charge in [-0.25, -0.2) is 4.98 Å². The molecule has 1 atom stereocenters. The lowest BCUT2D eigenvalue weighted by molar-refractivity contribution is 0.314. The SMILES string of the molecule is CC(C)n1cncc1CN1CC[C@H](N)C1. The molecular formula is C11H20N4. The number of rotatable bonds is 3. The van der Waals surface area contributed by atoms with Gasteiger partial charge in [-0.2, -0.15) is 0 Å². The van der Waals surface area contributed by atoms with Gasteiger partial charge in [0, 0.05) is 37.9 Å². The Kier molecular flexibility index (Phi) is 3.07. The molecule has 4 heteroatoms. The summed E-state index contributed by atoms with van der Waals surface area (Å²) in [5.41, 5.74) is 7.18. The Bertz CT molecular complexity index is 318. The standard InChI is InChI=1S/C11H20N4/c1-9(2)15-8-13-5-11(15)7-14-4-3-10(12)6-14/h5,8-10H,3-4,6-7,12H2,1-2H3/t10-/m0/s1. The van der Waals surface area contributed by atoms with Gasteiger partial charge < -0.3 is 10.3 Å². The molecule has 84 valence electrons. The lowest BCUT2D eigenvalue weighted by atomic mass is 10.3. The van der Waals surface area contributed by atoms with Crippen LogP contribution in [-0.4, -0.2) is 33.6 Å². The fraction of sp³-hybridized carbons (Fsp3) is 0.727. The van der Waals surface area contributed by atoms with E-state index in [9.17, 15) is 0 Å². The summed E-state index contributed by atoms with van der Waals surface area (Å²) >= 11 is 0. The van der Waals surface area contributed by atoms with E-state index in [0.717, 1.165) is 26.1 Å². The molecule has 2 heterocycles. The van der Waals surface area contributed by atoms with Crippen molar-refractivity contribution in [1.29, 1.82) is 0 Å². The molecule has 2 rings (SSSR count). The number of nitrogens with two attached hydrogens (primary N) is 1. The summed E-state index contributed by atoms with van der Waals surface area (Å²) in [7, 11) is 0. The molecule has 1 aromatic heterocycles. The third-order valence-electron chi connectivity index (χ3n) is 3.00. The molecule has 1 fully saturated rings. The number of nitrogens with zero attached hydrogens (tertiary/aromatic N) is 3. The minimum Gasteiger partial charge on any atom is -0.331 e. The minimum atomic E-state index is 0.362. The summed E-state index contributed by atoms with van der Waals surface area (Å²) in [6.45, 7) is 7.47. The Morgan fingerprint density at radius 2 is 2.40 bits per heavy atom. The minimum absolute atomic E-state index is 0.362. The van der Waals surface area contributed by atoms with Gasteiger partial charge in [0.25, 0.3) is 0 Å². The van der Waals surface area contributed by atoms with Gasteiger partial charge in [-0.15, -0.1) is 0 Å². The quantitative estimate of drug-likeness (QED) is 0.806. The molecule has 0 radical (unpaired) electrons. The van der Waals surface area contributed by atoms with Crippen molar-refractivity contribution in [2.24, 2.45) is 5.73 Å². The second-order valence-electron chi connectivity index (χ2n) is 4.67. The van der Waals surface area contributed by atoms with Crippen molar-refractivity contribution in [3.05, 3.63) is 18.2 Å². The number of imidazole rings is 1. The van der Waals surface area contributed by atoms with E-state index in [1.165, 1.54) is 5.69 Å². The molecule has 0 aromatic carbocycles. The second kappa shape index (κ2) is 4.33. The van der Waals surface area contributed by atoms with Crippen LogP contribution < -0.4 is 5.73 Å². The van der Waals surface area contributed by atoms with E-state index in [0.29, 0.717) is 12.1 Å². The first-order chi connectivity index (χ1) is 7.16. The summed E-state index contributed by atoms with van der Waals surface area (Å²) in [6, 6.07) is 0.846. The molecular weight excluding hydrogens is 188 g/mol. The summed E-state index contributed by atoms with van der Waals surface area (Å²) in [5.74, 6) is 0. The van der Waals surface area contributed by atoms with E-state index in [1.807, 2.05) is 12.5 Å². The van der Waals surface area contributed by atoms with E-state index in [4.69, 9.17) is 5.73 Å². The molecule has 0 spiro atoms. The van der Waals surface area contributed by atoms with Crippen LogP contribution in [0.3, 0.4) is 0 Å². The average Bonchev–Trinajstić information content (AvgIpc) is 2.75. The van der Waals surface area contributed by atoms with Gasteiger partial charge >= 0.3 is 0 Å². The van der Waals surface area contributed by atoms with Gasteiger partial charge in [0.15, 0.2) is 0 Å². The van der Waals surface area contributed by atoms with Gasteiger partial charge in [0.1, 0.15) is 0 Å². The highest BCUT2D eigenvalue weighted by atomic mass is 15.2. The van der Waals surface area contributed by atoms with Crippen molar-refractivity contribution in [3.63, 3.8) is 0 Å². The molecule has 4 nitrogen and oxygen atoms in total. The zero-order valence-electron chi connectivity index (χ0n) is 9.56. The average molecular weight is 208 g/mol. The lowest BCUT2D eigenvalue weighted by Crippen LogP contribution is -2.27. The third-order valence-corrected chi connectivity index (χ3v) is 3.00. The largest absolute Gasteiger partial charge is 0.331 e. The number of hydrogen-bond donors (Lipinski definition) is 1. The molecule has 15 heavy (non-hydrogen) atoms. The lowest BCUT2D eigenvalue weighted by Gasteiger charge is -2.18. The van der Waals surface area contributed by atoms with Gasteiger partial charge in [0.05, 0.1) is 12.0 Å². The van der Waals surface area contributed by atoms with Crippen molar-refractivity contribution < 1.29 is 0 Å². The van der Waals surface area contributed by atoms with E-state index in [2.05, 4.69) is 28.3 Å². The van der Waals surface area contributed by atoms with Crippen LogP contribution in [0, 0.1) is 0 Å². The fourth-order valence-corrected chi connectivity index (χ4v) is 2.15. The Morgan fingerprint density at radius 1 is 1.60 bits per heavy atom. The third kappa shape index (κ3) is 2.38. The van der Waals surface area contributed by atoms with Crippen molar-refractivity contribution in [1.82, 2.24) is 14.5 Å². The molecule has 2 N–H and O–H groups in total. The second-order valence-corrected chi connectivity index (χ2v) is 4.67. The summed E-state index contributed by atoms with van der Waals surface area (Å²) < 4.78 is 2.23. The molecule has 1 aliphatic rings. The maximum Gasteiger partial charge on any atom is 0.0951 e. The molecule has 0 aliphatic carbocycles. The first kappa shape index (κ1) is 10.6. The Labute approximate surface area is 91.1 Å². The molecule has 0 saturated carbocycles.